The van der Waals surface area contributed by atoms with Crippen LogP contribution in [0.25, 0.3) is 0 Å². The molecule has 1 rings (SSSR count). The maximum atomic E-state index is 2.55. The van der Waals surface area contributed by atoms with Crippen molar-refractivity contribution in [3.8, 4) is 0 Å². The van der Waals surface area contributed by atoms with Gasteiger partial charge in [0.25, 0.3) is 0 Å². The standard InChI is InChI=1S/C15H31N/c1-8-11(2)15(6)12(3)9-14(5)16(7)10-13(15)4/h11-14H,8-10H2,1-7H3. The fraction of sp³-hybridized carbons (Fsp3) is 1.00. The van der Waals surface area contributed by atoms with E-state index in [1.807, 2.05) is 0 Å². The molecule has 0 spiro atoms. The lowest BCUT2D eigenvalue weighted by Crippen LogP contribution is -2.40. The van der Waals surface area contributed by atoms with Gasteiger partial charge in [0.1, 0.15) is 0 Å². The van der Waals surface area contributed by atoms with Crippen molar-refractivity contribution < 1.29 is 0 Å². The number of hydrogen-bond donors (Lipinski definition) is 0. The van der Waals surface area contributed by atoms with E-state index < -0.39 is 0 Å². The van der Waals surface area contributed by atoms with Crippen LogP contribution in [-0.2, 0) is 0 Å². The second-order valence-electron chi connectivity index (χ2n) is 6.50. The average molecular weight is 225 g/mol. The molecule has 1 aliphatic heterocycles. The van der Waals surface area contributed by atoms with Crippen LogP contribution >= 0.6 is 0 Å². The first-order valence-corrected chi connectivity index (χ1v) is 7.04. The third-order valence-corrected chi connectivity index (χ3v) is 5.81. The Bertz CT molecular complexity index is 207. The predicted molar refractivity (Wildman–Crippen MR) is 72.6 cm³/mol. The van der Waals surface area contributed by atoms with Gasteiger partial charge in [0.15, 0.2) is 0 Å². The van der Waals surface area contributed by atoms with E-state index in [0.29, 0.717) is 5.41 Å². The molecule has 0 amide bonds. The summed E-state index contributed by atoms with van der Waals surface area (Å²) in [5, 5.41) is 0. The molecule has 0 saturated carbocycles. The van der Waals surface area contributed by atoms with Crippen molar-refractivity contribution in [3.63, 3.8) is 0 Å². The number of likely N-dealkylation sites (tertiary alicyclic amines) is 1. The van der Waals surface area contributed by atoms with Crippen LogP contribution in [0.15, 0.2) is 0 Å². The molecule has 1 nitrogen and oxygen atoms in total. The minimum absolute atomic E-state index is 0.508. The summed E-state index contributed by atoms with van der Waals surface area (Å²) in [5.74, 6) is 2.46. The Hall–Kier alpha value is -0.0400. The van der Waals surface area contributed by atoms with Crippen molar-refractivity contribution in [2.24, 2.45) is 23.2 Å². The molecule has 0 aromatic rings. The van der Waals surface area contributed by atoms with Crippen LogP contribution in [0.3, 0.4) is 0 Å². The van der Waals surface area contributed by atoms with Crippen molar-refractivity contribution in [1.29, 1.82) is 0 Å². The van der Waals surface area contributed by atoms with Gasteiger partial charge in [-0.3, -0.25) is 0 Å². The summed E-state index contributed by atoms with van der Waals surface area (Å²) < 4.78 is 0. The maximum absolute atomic E-state index is 2.55. The van der Waals surface area contributed by atoms with Crippen molar-refractivity contribution in [2.45, 2.75) is 60.4 Å². The average Bonchev–Trinajstić information content (AvgIpc) is 2.31. The monoisotopic (exact) mass is 225 g/mol. The van der Waals surface area contributed by atoms with Gasteiger partial charge in [-0.15, -0.1) is 0 Å². The van der Waals surface area contributed by atoms with Gasteiger partial charge < -0.3 is 4.90 Å². The van der Waals surface area contributed by atoms with Crippen molar-refractivity contribution >= 4 is 0 Å². The summed E-state index contributed by atoms with van der Waals surface area (Å²) in [6.07, 6.45) is 2.66. The molecule has 5 atom stereocenters. The highest BCUT2D eigenvalue weighted by Crippen LogP contribution is 2.48. The third kappa shape index (κ3) is 2.30. The van der Waals surface area contributed by atoms with Gasteiger partial charge >= 0.3 is 0 Å². The highest BCUT2D eigenvalue weighted by Gasteiger charge is 2.43. The SMILES string of the molecule is CCC(C)C1(C)C(C)CC(C)N(C)CC1C. The van der Waals surface area contributed by atoms with E-state index in [1.165, 1.54) is 19.4 Å². The zero-order valence-electron chi connectivity index (χ0n) is 12.4. The van der Waals surface area contributed by atoms with Crippen molar-refractivity contribution in [2.75, 3.05) is 13.6 Å². The molecule has 1 aliphatic rings. The smallest absolute Gasteiger partial charge is 0.00667 e. The van der Waals surface area contributed by atoms with E-state index in [4.69, 9.17) is 0 Å². The van der Waals surface area contributed by atoms with Gasteiger partial charge in [-0.05, 0) is 43.6 Å². The largest absolute Gasteiger partial charge is 0.303 e. The van der Waals surface area contributed by atoms with Gasteiger partial charge in [-0.25, -0.2) is 0 Å². The summed E-state index contributed by atoms with van der Waals surface area (Å²) in [5.41, 5.74) is 0.508. The molecule has 0 radical (unpaired) electrons. The van der Waals surface area contributed by atoms with Gasteiger partial charge in [0.05, 0.1) is 0 Å². The summed E-state index contributed by atoms with van der Waals surface area (Å²) in [4.78, 5) is 2.55. The number of hydrogen-bond acceptors (Lipinski definition) is 1. The van der Waals surface area contributed by atoms with Gasteiger partial charge in [0, 0.05) is 12.6 Å². The molecule has 0 bridgehead atoms. The Morgan fingerprint density at radius 1 is 1.25 bits per heavy atom. The molecule has 1 heteroatoms. The molecule has 16 heavy (non-hydrogen) atoms. The normalized spacial score (nSPS) is 44.1. The summed E-state index contributed by atoms with van der Waals surface area (Å²) in [6.45, 7) is 15.9. The lowest BCUT2D eigenvalue weighted by molar-refractivity contribution is 0.0468. The zero-order valence-corrected chi connectivity index (χ0v) is 12.4. The molecule has 0 N–H and O–H groups in total. The number of nitrogens with zero attached hydrogens (tertiary/aromatic N) is 1. The van der Waals surface area contributed by atoms with E-state index in [1.54, 1.807) is 0 Å². The van der Waals surface area contributed by atoms with Crippen molar-refractivity contribution in [1.82, 2.24) is 4.90 Å². The highest BCUT2D eigenvalue weighted by atomic mass is 15.1. The highest BCUT2D eigenvalue weighted by molar-refractivity contribution is 4.94. The molecule has 1 saturated heterocycles. The van der Waals surface area contributed by atoms with Crippen LogP contribution in [0.1, 0.15) is 54.4 Å². The van der Waals surface area contributed by atoms with Crippen LogP contribution in [0.2, 0.25) is 0 Å². The lowest BCUT2D eigenvalue weighted by Gasteiger charge is -2.44. The molecule has 1 heterocycles. The molecule has 0 aromatic heterocycles. The van der Waals surface area contributed by atoms with E-state index >= 15 is 0 Å². The first-order valence-electron chi connectivity index (χ1n) is 7.04. The first-order chi connectivity index (χ1) is 7.33. The first kappa shape index (κ1) is 14.0. The van der Waals surface area contributed by atoms with E-state index in [0.717, 1.165) is 23.8 Å². The summed E-state index contributed by atoms with van der Waals surface area (Å²) >= 11 is 0. The summed E-state index contributed by atoms with van der Waals surface area (Å²) in [7, 11) is 2.29. The molecule has 96 valence electrons. The molecular formula is C15H31N. The Morgan fingerprint density at radius 3 is 2.31 bits per heavy atom. The van der Waals surface area contributed by atoms with Gasteiger partial charge in [-0.1, -0.05) is 41.0 Å². The van der Waals surface area contributed by atoms with E-state index in [-0.39, 0.29) is 0 Å². The summed E-state index contributed by atoms with van der Waals surface area (Å²) in [6, 6.07) is 0.739. The fourth-order valence-electron chi connectivity index (χ4n) is 3.65. The van der Waals surface area contributed by atoms with Crippen LogP contribution in [0.4, 0.5) is 0 Å². The van der Waals surface area contributed by atoms with Gasteiger partial charge in [-0.2, -0.15) is 0 Å². The second kappa shape index (κ2) is 5.08. The number of rotatable bonds is 2. The lowest BCUT2D eigenvalue weighted by atomic mass is 9.61. The maximum Gasteiger partial charge on any atom is 0.00667 e. The Kier molecular flexibility index (Phi) is 4.45. The zero-order chi connectivity index (χ0) is 12.5. The molecular weight excluding hydrogens is 194 g/mol. The Morgan fingerprint density at radius 2 is 1.81 bits per heavy atom. The second-order valence-corrected chi connectivity index (χ2v) is 6.50. The van der Waals surface area contributed by atoms with Gasteiger partial charge in [0.2, 0.25) is 0 Å². The quantitative estimate of drug-likeness (QED) is 0.685. The Labute approximate surface area is 103 Å². The minimum atomic E-state index is 0.508. The molecule has 5 unspecified atom stereocenters. The predicted octanol–water partition coefficient (Wildman–Crippen LogP) is 4.04. The molecule has 1 fully saturated rings. The molecule has 0 aliphatic carbocycles. The topological polar surface area (TPSA) is 3.24 Å². The van der Waals surface area contributed by atoms with E-state index in [9.17, 15) is 0 Å². The van der Waals surface area contributed by atoms with Crippen LogP contribution in [-0.4, -0.2) is 24.5 Å². The van der Waals surface area contributed by atoms with Crippen LogP contribution in [0.5, 0.6) is 0 Å². The van der Waals surface area contributed by atoms with Crippen LogP contribution in [0, 0.1) is 23.2 Å². The molecule has 0 aromatic carbocycles. The van der Waals surface area contributed by atoms with Crippen molar-refractivity contribution in [3.05, 3.63) is 0 Å². The Balaban J connectivity index is 2.97. The van der Waals surface area contributed by atoms with E-state index in [2.05, 4.69) is 53.5 Å². The third-order valence-electron chi connectivity index (χ3n) is 5.81. The van der Waals surface area contributed by atoms with Crippen LogP contribution < -0.4 is 0 Å². The fourth-order valence-corrected chi connectivity index (χ4v) is 3.65. The minimum Gasteiger partial charge on any atom is -0.303 e.